The summed E-state index contributed by atoms with van der Waals surface area (Å²) in [6, 6.07) is 13.5. The number of benzene rings is 2. The quantitative estimate of drug-likeness (QED) is 0.683. The van der Waals surface area contributed by atoms with Gasteiger partial charge in [0.2, 0.25) is 5.91 Å². The van der Waals surface area contributed by atoms with Crippen LogP contribution in [0.4, 0.5) is 0 Å². The Morgan fingerprint density at radius 3 is 2.40 bits per heavy atom. The number of carbonyl (C=O) groups excluding carboxylic acids is 2. The number of nitrogens with one attached hydrogen (secondary N) is 1. The van der Waals surface area contributed by atoms with Gasteiger partial charge < -0.3 is 19.7 Å². The Hall–Kier alpha value is -2.73. The van der Waals surface area contributed by atoms with E-state index < -0.39 is 11.6 Å². The van der Waals surface area contributed by atoms with Gasteiger partial charge in [-0.05, 0) is 63.6 Å². The lowest BCUT2D eigenvalue weighted by Gasteiger charge is -2.31. The zero-order chi connectivity index (χ0) is 22.3. The van der Waals surface area contributed by atoms with Crippen LogP contribution in [0.3, 0.4) is 0 Å². The standard InChI is InChI=1S/C23H29ClN2O4/c1-16(22(28)25-23(2,3)4)26(14-17-8-6-10-19(12-17)29-5)21(27)15-30-20-11-7-9-18(24)13-20/h6-13,16H,14-15H2,1-5H3,(H,25,28). The Bertz CT molecular complexity index is 880. The zero-order valence-electron chi connectivity index (χ0n) is 18.1. The average Bonchev–Trinajstić information content (AvgIpc) is 2.68. The lowest BCUT2D eigenvalue weighted by atomic mass is 10.1. The maximum absolute atomic E-state index is 13.0. The first kappa shape index (κ1) is 23.5. The second kappa shape index (κ2) is 10.3. The van der Waals surface area contributed by atoms with Crippen molar-refractivity contribution in [3.8, 4) is 11.5 Å². The smallest absolute Gasteiger partial charge is 0.261 e. The Labute approximate surface area is 183 Å². The van der Waals surface area contributed by atoms with Crippen LogP contribution < -0.4 is 14.8 Å². The minimum absolute atomic E-state index is 0.211. The molecule has 0 fully saturated rings. The molecule has 0 bridgehead atoms. The number of methoxy groups -OCH3 is 1. The van der Waals surface area contributed by atoms with E-state index in [0.29, 0.717) is 16.5 Å². The number of carbonyl (C=O) groups is 2. The molecule has 2 rings (SSSR count). The van der Waals surface area contributed by atoms with E-state index in [9.17, 15) is 9.59 Å². The lowest BCUT2D eigenvalue weighted by Crippen LogP contribution is -2.53. The Morgan fingerprint density at radius 1 is 1.10 bits per heavy atom. The van der Waals surface area contributed by atoms with Gasteiger partial charge in [0.05, 0.1) is 7.11 Å². The van der Waals surface area contributed by atoms with Crippen molar-refractivity contribution in [3.63, 3.8) is 0 Å². The highest BCUT2D eigenvalue weighted by atomic mass is 35.5. The van der Waals surface area contributed by atoms with Gasteiger partial charge in [0.25, 0.3) is 5.91 Å². The molecule has 2 amide bonds. The molecule has 6 nitrogen and oxygen atoms in total. The zero-order valence-corrected chi connectivity index (χ0v) is 18.8. The number of halogens is 1. The van der Waals surface area contributed by atoms with Crippen molar-refractivity contribution < 1.29 is 19.1 Å². The van der Waals surface area contributed by atoms with Crippen molar-refractivity contribution in [2.45, 2.75) is 45.8 Å². The van der Waals surface area contributed by atoms with Crippen LogP contribution in [0.15, 0.2) is 48.5 Å². The van der Waals surface area contributed by atoms with Crippen molar-refractivity contribution in [3.05, 3.63) is 59.1 Å². The van der Waals surface area contributed by atoms with Crippen LogP contribution in [0, 0.1) is 0 Å². The summed E-state index contributed by atoms with van der Waals surface area (Å²) in [5.74, 6) is 0.627. The third-order valence-electron chi connectivity index (χ3n) is 4.31. The van der Waals surface area contributed by atoms with Gasteiger partial charge in [-0.15, -0.1) is 0 Å². The van der Waals surface area contributed by atoms with Gasteiger partial charge in [0.1, 0.15) is 17.5 Å². The van der Waals surface area contributed by atoms with E-state index in [4.69, 9.17) is 21.1 Å². The molecule has 2 aromatic rings. The number of ether oxygens (including phenoxy) is 2. The number of nitrogens with zero attached hydrogens (tertiary/aromatic N) is 1. The fraction of sp³-hybridized carbons (Fsp3) is 0.391. The maximum Gasteiger partial charge on any atom is 0.261 e. The molecule has 1 N–H and O–H groups in total. The molecule has 0 saturated carbocycles. The van der Waals surface area contributed by atoms with E-state index in [-0.39, 0.29) is 25.0 Å². The Morgan fingerprint density at radius 2 is 1.77 bits per heavy atom. The molecule has 0 aliphatic carbocycles. The number of hydrogen-bond donors (Lipinski definition) is 1. The monoisotopic (exact) mass is 432 g/mol. The molecule has 30 heavy (non-hydrogen) atoms. The van der Waals surface area contributed by atoms with Crippen molar-refractivity contribution in [2.75, 3.05) is 13.7 Å². The third-order valence-corrected chi connectivity index (χ3v) is 4.55. The second-order valence-electron chi connectivity index (χ2n) is 8.03. The van der Waals surface area contributed by atoms with E-state index in [2.05, 4.69) is 5.32 Å². The highest BCUT2D eigenvalue weighted by Crippen LogP contribution is 2.19. The molecule has 0 aliphatic heterocycles. The molecule has 2 aromatic carbocycles. The summed E-state index contributed by atoms with van der Waals surface area (Å²) in [5, 5.41) is 3.45. The summed E-state index contributed by atoms with van der Waals surface area (Å²) < 4.78 is 10.9. The Kier molecular flexibility index (Phi) is 8.12. The van der Waals surface area contributed by atoms with Crippen LogP contribution in [-0.2, 0) is 16.1 Å². The van der Waals surface area contributed by atoms with Crippen molar-refractivity contribution >= 4 is 23.4 Å². The van der Waals surface area contributed by atoms with Crippen LogP contribution in [0.5, 0.6) is 11.5 Å². The SMILES string of the molecule is COc1cccc(CN(C(=O)COc2cccc(Cl)c2)C(C)C(=O)NC(C)(C)C)c1. The molecule has 0 heterocycles. The molecule has 0 aromatic heterocycles. The maximum atomic E-state index is 13.0. The van der Waals surface area contributed by atoms with Crippen LogP contribution in [0.25, 0.3) is 0 Å². The summed E-state index contributed by atoms with van der Waals surface area (Å²) in [6.07, 6.45) is 0. The van der Waals surface area contributed by atoms with Gasteiger partial charge in [-0.1, -0.05) is 29.8 Å². The van der Waals surface area contributed by atoms with E-state index in [1.165, 1.54) is 4.90 Å². The normalized spacial score (nSPS) is 12.1. The molecule has 0 saturated heterocycles. The van der Waals surface area contributed by atoms with Crippen LogP contribution in [-0.4, -0.2) is 42.0 Å². The van der Waals surface area contributed by atoms with Crippen molar-refractivity contribution in [2.24, 2.45) is 0 Å². The predicted octanol–water partition coefficient (Wildman–Crippen LogP) is 4.06. The Balaban J connectivity index is 2.19. The van der Waals surface area contributed by atoms with Gasteiger partial charge >= 0.3 is 0 Å². The average molecular weight is 433 g/mol. The van der Waals surface area contributed by atoms with Gasteiger partial charge in [0.15, 0.2) is 6.61 Å². The fourth-order valence-corrected chi connectivity index (χ4v) is 2.99. The number of hydrogen-bond acceptors (Lipinski definition) is 4. The van der Waals surface area contributed by atoms with Gasteiger partial charge in [-0.3, -0.25) is 9.59 Å². The summed E-state index contributed by atoms with van der Waals surface area (Å²) in [6.45, 7) is 7.43. The first-order chi connectivity index (χ1) is 14.1. The highest BCUT2D eigenvalue weighted by molar-refractivity contribution is 6.30. The molecule has 0 radical (unpaired) electrons. The van der Waals surface area contributed by atoms with Gasteiger partial charge in [-0.2, -0.15) is 0 Å². The predicted molar refractivity (Wildman–Crippen MR) is 118 cm³/mol. The summed E-state index contributed by atoms with van der Waals surface area (Å²) >= 11 is 5.97. The minimum atomic E-state index is -0.689. The number of amides is 2. The van der Waals surface area contributed by atoms with Crippen LogP contribution >= 0.6 is 11.6 Å². The van der Waals surface area contributed by atoms with Gasteiger partial charge in [-0.25, -0.2) is 0 Å². The van der Waals surface area contributed by atoms with Crippen LogP contribution in [0.2, 0.25) is 5.02 Å². The molecule has 7 heteroatoms. The van der Waals surface area contributed by atoms with E-state index in [0.717, 1.165) is 5.56 Å². The van der Waals surface area contributed by atoms with E-state index in [1.807, 2.05) is 45.0 Å². The topological polar surface area (TPSA) is 67.9 Å². The lowest BCUT2D eigenvalue weighted by molar-refractivity contribution is -0.142. The summed E-state index contributed by atoms with van der Waals surface area (Å²) in [5.41, 5.74) is 0.439. The number of rotatable bonds is 8. The molecule has 1 atom stereocenters. The summed E-state index contributed by atoms with van der Waals surface area (Å²) in [4.78, 5) is 27.3. The van der Waals surface area contributed by atoms with E-state index >= 15 is 0 Å². The van der Waals surface area contributed by atoms with Crippen molar-refractivity contribution in [1.29, 1.82) is 0 Å². The molecule has 162 valence electrons. The molecular weight excluding hydrogens is 404 g/mol. The fourth-order valence-electron chi connectivity index (χ4n) is 2.81. The molecule has 1 unspecified atom stereocenters. The molecule has 0 spiro atoms. The van der Waals surface area contributed by atoms with Gasteiger partial charge in [0, 0.05) is 17.1 Å². The summed E-state index contributed by atoms with van der Waals surface area (Å²) in [7, 11) is 1.58. The minimum Gasteiger partial charge on any atom is -0.497 e. The first-order valence-corrected chi connectivity index (χ1v) is 10.1. The van der Waals surface area contributed by atoms with E-state index in [1.54, 1.807) is 38.3 Å². The second-order valence-corrected chi connectivity index (χ2v) is 8.47. The highest BCUT2D eigenvalue weighted by Gasteiger charge is 2.28. The largest absolute Gasteiger partial charge is 0.497 e. The third kappa shape index (κ3) is 7.26. The van der Waals surface area contributed by atoms with Crippen LogP contribution in [0.1, 0.15) is 33.3 Å². The molecular formula is C23H29ClN2O4. The van der Waals surface area contributed by atoms with Crippen molar-refractivity contribution in [1.82, 2.24) is 10.2 Å². The first-order valence-electron chi connectivity index (χ1n) is 9.72. The molecule has 0 aliphatic rings.